The molecule has 3 nitrogen and oxygen atoms in total. The summed E-state index contributed by atoms with van der Waals surface area (Å²) in [6.07, 6.45) is 5.38. The zero-order chi connectivity index (χ0) is 17.4. The van der Waals surface area contributed by atoms with Crippen molar-refractivity contribution < 1.29 is 8.95 Å². The topological polar surface area (TPSA) is 38.3 Å². The zero-order valence-electron chi connectivity index (χ0n) is 14.6. The molecule has 2 aliphatic rings. The molecule has 1 N–H and O–H groups in total. The Morgan fingerprint density at radius 3 is 2.56 bits per heavy atom. The third kappa shape index (κ3) is 3.75. The molecule has 1 saturated carbocycles. The Kier molecular flexibility index (Phi) is 4.34. The predicted molar refractivity (Wildman–Crippen MR) is 104 cm³/mol. The Labute approximate surface area is 150 Å². The second kappa shape index (κ2) is 6.50. The number of hydrogen-bond donors (Lipinski definition) is 1. The Morgan fingerprint density at radius 2 is 1.88 bits per heavy atom. The summed E-state index contributed by atoms with van der Waals surface area (Å²) >= 11 is 0. The highest BCUT2D eigenvalue weighted by molar-refractivity contribution is 7.99. The molecule has 0 amide bonds. The molecular formula is C21H25NO2S. The number of rotatable bonds is 6. The second-order valence-electron chi connectivity index (χ2n) is 7.38. The maximum Gasteiger partial charge on any atom is 0.140 e. The maximum absolute atomic E-state index is 12.1. The van der Waals surface area contributed by atoms with Gasteiger partial charge in [-0.15, -0.1) is 0 Å². The molecule has 1 unspecified atom stereocenters. The van der Waals surface area contributed by atoms with Crippen molar-refractivity contribution in [1.29, 1.82) is 0 Å². The third-order valence-corrected chi connectivity index (χ3v) is 6.39. The number of benzene rings is 2. The van der Waals surface area contributed by atoms with Crippen LogP contribution in [-0.2, 0) is 15.9 Å². The fourth-order valence-electron chi connectivity index (χ4n) is 3.48. The van der Waals surface area contributed by atoms with E-state index in [-0.39, 0.29) is 6.10 Å². The van der Waals surface area contributed by atoms with E-state index < -0.39 is 9.52 Å². The van der Waals surface area contributed by atoms with Crippen LogP contribution in [0.5, 0.6) is 5.75 Å². The summed E-state index contributed by atoms with van der Waals surface area (Å²) in [6.45, 7) is 1.08. The van der Waals surface area contributed by atoms with Gasteiger partial charge < -0.3 is 10.1 Å². The van der Waals surface area contributed by atoms with Crippen LogP contribution >= 0.6 is 0 Å². The van der Waals surface area contributed by atoms with Gasteiger partial charge in [0.2, 0.25) is 0 Å². The Morgan fingerprint density at radius 1 is 1.16 bits per heavy atom. The highest BCUT2D eigenvalue weighted by atomic mass is 32.2. The van der Waals surface area contributed by atoms with E-state index in [1.807, 2.05) is 24.3 Å². The van der Waals surface area contributed by atoms with E-state index in [2.05, 4.69) is 35.5 Å². The molecule has 4 rings (SSSR count). The highest BCUT2D eigenvalue weighted by Crippen LogP contribution is 2.36. The number of hydrogen-bond acceptors (Lipinski definition) is 3. The van der Waals surface area contributed by atoms with E-state index in [9.17, 15) is 4.21 Å². The summed E-state index contributed by atoms with van der Waals surface area (Å²) in [4.78, 5) is 0.759. The van der Waals surface area contributed by atoms with Gasteiger partial charge in [-0.2, -0.15) is 0 Å². The first kappa shape index (κ1) is 16.7. The monoisotopic (exact) mass is 355 g/mol. The zero-order valence-corrected chi connectivity index (χ0v) is 15.4. The SMILES string of the molecule is C=S(C)(=O)c1ccc(O[C@@H]2c3ccccc3C[C@H]2NCC2CC2)cc1. The lowest BCUT2D eigenvalue weighted by Gasteiger charge is -2.23. The quantitative estimate of drug-likeness (QED) is 0.807. The van der Waals surface area contributed by atoms with Crippen LogP contribution in [0.1, 0.15) is 30.1 Å². The Bertz CT molecular complexity index is 854. The van der Waals surface area contributed by atoms with Gasteiger partial charge in [-0.05, 0) is 82.5 Å². The molecule has 1 fully saturated rings. The van der Waals surface area contributed by atoms with Crippen molar-refractivity contribution in [2.75, 3.05) is 12.8 Å². The normalized spacial score (nSPS) is 24.5. The Hall–Kier alpha value is -1.78. The van der Waals surface area contributed by atoms with Crippen LogP contribution in [0.15, 0.2) is 53.4 Å². The van der Waals surface area contributed by atoms with Gasteiger partial charge >= 0.3 is 0 Å². The van der Waals surface area contributed by atoms with E-state index in [0.29, 0.717) is 6.04 Å². The van der Waals surface area contributed by atoms with Crippen molar-refractivity contribution >= 4 is 15.4 Å². The van der Waals surface area contributed by atoms with Crippen LogP contribution in [0.4, 0.5) is 0 Å². The van der Waals surface area contributed by atoms with Crippen molar-refractivity contribution in [2.24, 2.45) is 5.92 Å². The molecule has 0 aromatic heterocycles. The Balaban J connectivity index is 1.54. The molecule has 2 aromatic carbocycles. The van der Waals surface area contributed by atoms with Gasteiger partial charge in [-0.3, -0.25) is 4.21 Å². The molecule has 2 aliphatic carbocycles. The van der Waals surface area contributed by atoms with E-state index >= 15 is 0 Å². The summed E-state index contributed by atoms with van der Waals surface area (Å²) in [6, 6.07) is 16.4. The second-order valence-corrected chi connectivity index (χ2v) is 9.86. The first-order valence-corrected chi connectivity index (χ1v) is 11.0. The molecule has 0 aliphatic heterocycles. The maximum atomic E-state index is 12.1. The van der Waals surface area contributed by atoms with Gasteiger partial charge in [0.1, 0.15) is 11.9 Å². The molecule has 132 valence electrons. The fraction of sp³-hybridized carbons (Fsp3) is 0.381. The molecule has 2 aromatic rings. The molecular weight excluding hydrogens is 330 g/mol. The van der Waals surface area contributed by atoms with Gasteiger partial charge in [0.15, 0.2) is 0 Å². The van der Waals surface area contributed by atoms with E-state index in [0.717, 1.165) is 29.5 Å². The summed E-state index contributed by atoms with van der Waals surface area (Å²) in [7, 11) is -2.19. The van der Waals surface area contributed by atoms with Gasteiger partial charge in [0.05, 0.1) is 6.04 Å². The minimum Gasteiger partial charge on any atom is -0.484 e. The average molecular weight is 356 g/mol. The van der Waals surface area contributed by atoms with Gasteiger partial charge in [0.25, 0.3) is 0 Å². The summed E-state index contributed by atoms with van der Waals surface area (Å²) < 4.78 is 18.4. The molecule has 0 spiro atoms. The van der Waals surface area contributed by atoms with Crippen molar-refractivity contribution in [1.82, 2.24) is 5.32 Å². The predicted octanol–water partition coefficient (Wildman–Crippen LogP) is 3.44. The number of fused-ring (bicyclic) bond motifs is 1. The average Bonchev–Trinajstić information content (AvgIpc) is 3.36. The first-order valence-electron chi connectivity index (χ1n) is 8.91. The molecule has 0 heterocycles. The summed E-state index contributed by atoms with van der Waals surface area (Å²) in [5.41, 5.74) is 2.64. The van der Waals surface area contributed by atoms with Crippen LogP contribution in [0.2, 0.25) is 0 Å². The van der Waals surface area contributed by atoms with Crippen molar-refractivity contribution in [3.8, 4) is 5.75 Å². The molecule has 4 heteroatoms. The molecule has 25 heavy (non-hydrogen) atoms. The van der Waals surface area contributed by atoms with E-state index in [4.69, 9.17) is 4.74 Å². The van der Waals surface area contributed by atoms with E-state index in [1.54, 1.807) is 6.26 Å². The standard InChI is InChI=1S/C21H25NO2S/c1-25(2,23)18-11-9-17(10-12-18)24-21-19-6-4-3-5-16(19)13-20(21)22-14-15-7-8-15/h3-6,9-12,15,20-22H,1,7-8,13-14H2,2H3/t20-,21-,25?/m1/s1. The highest BCUT2D eigenvalue weighted by Gasteiger charge is 2.35. The lowest BCUT2D eigenvalue weighted by atomic mass is 10.1. The number of ether oxygens (including phenoxy) is 1. The van der Waals surface area contributed by atoms with Crippen molar-refractivity contribution in [2.45, 2.75) is 36.3 Å². The number of nitrogens with one attached hydrogen (secondary N) is 1. The minimum absolute atomic E-state index is 0.0199. The van der Waals surface area contributed by atoms with Gasteiger partial charge in [0, 0.05) is 11.2 Å². The molecule has 3 atom stereocenters. The van der Waals surface area contributed by atoms with Gasteiger partial charge in [-0.1, -0.05) is 24.3 Å². The molecule has 0 bridgehead atoms. The van der Waals surface area contributed by atoms with Crippen molar-refractivity contribution in [3.05, 3.63) is 59.7 Å². The van der Waals surface area contributed by atoms with Gasteiger partial charge in [-0.25, -0.2) is 0 Å². The lowest BCUT2D eigenvalue weighted by molar-refractivity contribution is 0.167. The smallest absolute Gasteiger partial charge is 0.140 e. The minimum atomic E-state index is -2.19. The fourth-order valence-corrected chi connectivity index (χ4v) is 4.19. The lowest BCUT2D eigenvalue weighted by Crippen LogP contribution is -2.36. The van der Waals surface area contributed by atoms with Crippen LogP contribution in [-0.4, -0.2) is 28.9 Å². The largest absolute Gasteiger partial charge is 0.484 e. The molecule has 0 radical (unpaired) electrons. The van der Waals surface area contributed by atoms with E-state index in [1.165, 1.54) is 24.0 Å². The van der Waals surface area contributed by atoms with Crippen LogP contribution < -0.4 is 10.1 Å². The first-order chi connectivity index (χ1) is 12.0. The van der Waals surface area contributed by atoms with Crippen molar-refractivity contribution in [3.63, 3.8) is 0 Å². The summed E-state index contributed by atoms with van der Waals surface area (Å²) in [5.74, 6) is 5.40. The summed E-state index contributed by atoms with van der Waals surface area (Å²) in [5, 5.41) is 3.72. The molecule has 0 saturated heterocycles. The van der Waals surface area contributed by atoms with Crippen LogP contribution in [0.3, 0.4) is 0 Å². The van der Waals surface area contributed by atoms with Crippen LogP contribution in [0, 0.1) is 5.92 Å². The third-order valence-electron chi connectivity index (χ3n) is 5.12. The van der Waals surface area contributed by atoms with Crippen LogP contribution in [0.25, 0.3) is 0 Å².